The van der Waals surface area contributed by atoms with Crippen LogP contribution in [0.4, 0.5) is 0 Å². The van der Waals surface area contributed by atoms with E-state index in [1.807, 2.05) is 32.0 Å². The van der Waals surface area contributed by atoms with E-state index in [0.717, 1.165) is 16.7 Å². The Morgan fingerprint density at radius 1 is 1.21 bits per heavy atom. The summed E-state index contributed by atoms with van der Waals surface area (Å²) in [5.41, 5.74) is 3.06. The van der Waals surface area contributed by atoms with Gasteiger partial charge < -0.3 is 4.74 Å². The molecule has 2 rings (SSSR count). The Kier molecular flexibility index (Phi) is 4.17. The van der Waals surface area contributed by atoms with Gasteiger partial charge in [-0.2, -0.15) is 0 Å². The number of carbonyl (C=O) groups excluding carboxylic acids is 1. The smallest absolute Gasteiger partial charge is 0.308 e. The molecule has 0 aliphatic heterocycles. The first-order valence-corrected chi connectivity index (χ1v) is 6.95. The maximum absolute atomic E-state index is 11.0. The first kappa shape index (κ1) is 13.6. The van der Waals surface area contributed by atoms with Gasteiger partial charge in [0.05, 0.1) is 0 Å². The Hall–Kier alpha value is -1.87. The first-order valence-electron chi connectivity index (χ1n) is 6.07. The molecule has 2 aromatic rings. The molecule has 0 bridgehead atoms. The van der Waals surface area contributed by atoms with E-state index in [4.69, 9.17) is 4.74 Å². The summed E-state index contributed by atoms with van der Waals surface area (Å²) in [4.78, 5) is 12.3. The number of hydrogen-bond donors (Lipinski definition) is 0. The van der Waals surface area contributed by atoms with E-state index in [1.165, 1.54) is 11.8 Å². The van der Waals surface area contributed by atoms with Crippen LogP contribution in [0.5, 0.6) is 5.75 Å². The van der Waals surface area contributed by atoms with Gasteiger partial charge >= 0.3 is 5.97 Å². The predicted octanol–water partition coefficient (Wildman–Crippen LogP) is 4.46. The summed E-state index contributed by atoms with van der Waals surface area (Å²) in [6.07, 6.45) is 4.16. The van der Waals surface area contributed by atoms with Crippen molar-refractivity contribution >= 4 is 29.5 Å². The number of rotatable bonds is 3. The van der Waals surface area contributed by atoms with E-state index in [2.05, 4.69) is 23.6 Å². The third-order valence-electron chi connectivity index (χ3n) is 2.71. The lowest BCUT2D eigenvalue weighted by Crippen LogP contribution is -2.04. The minimum absolute atomic E-state index is 0.284. The summed E-state index contributed by atoms with van der Waals surface area (Å²) in [5.74, 6) is 0.383. The van der Waals surface area contributed by atoms with Gasteiger partial charge in [-0.25, -0.2) is 0 Å². The Morgan fingerprint density at radius 2 is 1.89 bits per heavy atom. The van der Waals surface area contributed by atoms with Gasteiger partial charge in [0.2, 0.25) is 0 Å². The lowest BCUT2D eigenvalue weighted by molar-refractivity contribution is -0.131. The maximum Gasteiger partial charge on any atom is 0.308 e. The lowest BCUT2D eigenvalue weighted by atomic mass is 10.1. The summed E-state index contributed by atoms with van der Waals surface area (Å²) in [5, 5.41) is 2.06. The molecule has 0 atom stereocenters. The summed E-state index contributed by atoms with van der Waals surface area (Å²) in [7, 11) is 0. The molecule has 2 nitrogen and oxygen atoms in total. The summed E-state index contributed by atoms with van der Waals surface area (Å²) >= 11 is 1.71. The zero-order valence-corrected chi connectivity index (χ0v) is 12.1. The quantitative estimate of drug-likeness (QED) is 0.609. The van der Waals surface area contributed by atoms with Gasteiger partial charge in [-0.05, 0) is 60.2 Å². The highest BCUT2D eigenvalue weighted by Gasteiger charge is 2.07. The maximum atomic E-state index is 11.0. The van der Waals surface area contributed by atoms with Crippen LogP contribution < -0.4 is 4.74 Å². The normalized spacial score (nSPS) is 10.9. The van der Waals surface area contributed by atoms with Crippen molar-refractivity contribution in [3.63, 3.8) is 0 Å². The molecule has 0 radical (unpaired) electrons. The monoisotopic (exact) mass is 272 g/mol. The molecular formula is C16H16O2S. The van der Waals surface area contributed by atoms with Crippen LogP contribution in [0, 0.1) is 13.8 Å². The number of hydrogen-bond acceptors (Lipinski definition) is 3. The highest BCUT2D eigenvalue weighted by atomic mass is 32.1. The average Bonchev–Trinajstić information content (AvgIpc) is 2.84. The van der Waals surface area contributed by atoms with Crippen molar-refractivity contribution in [3.05, 3.63) is 51.2 Å². The third-order valence-corrected chi connectivity index (χ3v) is 3.55. The second-order valence-electron chi connectivity index (χ2n) is 4.43. The Balaban J connectivity index is 2.27. The number of esters is 1. The first-order chi connectivity index (χ1) is 9.06. The van der Waals surface area contributed by atoms with Crippen LogP contribution in [-0.4, -0.2) is 5.97 Å². The zero-order chi connectivity index (χ0) is 13.8. The van der Waals surface area contributed by atoms with Crippen molar-refractivity contribution in [2.45, 2.75) is 20.8 Å². The fourth-order valence-corrected chi connectivity index (χ4v) is 2.57. The molecule has 98 valence electrons. The standard InChI is InChI=1S/C16H16O2S/c1-11-9-14(6-7-15-5-4-8-19-15)10-12(2)16(11)18-13(3)17/h4-10H,1-3H3/b7-6+. The van der Waals surface area contributed by atoms with Crippen LogP contribution in [0.2, 0.25) is 0 Å². The van der Waals surface area contributed by atoms with E-state index in [9.17, 15) is 4.79 Å². The zero-order valence-electron chi connectivity index (χ0n) is 11.3. The van der Waals surface area contributed by atoms with Crippen LogP contribution >= 0.6 is 11.3 Å². The molecule has 0 N–H and O–H groups in total. The van der Waals surface area contributed by atoms with Crippen molar-refractivity contribution in [3.8, 4) is 5.75 Å². The molecule has 0 saturated heterocycles. The van der Waals surface area contributed by atoms with Gasteiger partial charge in [0.1, 0.15) is 5.75 Å². The van der Waals surface area contributed by atoms with Gasteiger partial charge in [0.15, 0.2) is 0 Å². The summed E-state index contributed by atoms with van der Waals surface area (Å²) < 4.78 is 5.22. The minimum atomic E-state index is -0.284. The van der Waals surface area contributed by atoms with Gasteiger partial charge in [-0.3, -0.25) is 4.79 Å². The molecule has 19 heavy (non-hydrogen) atoms. The number of thiophene rings is 1. The average molecular weight is 272 g/mol. The predicted molar refractivity (Wildman–Crippen MR) is 80.5 cm³/mol. The van der Waals surface area contributed by atoms with Crippen LogP contribution in [-0.2, 0) is 4.79 Å². The van der Waals surface area contributed by atoms with E-state index in [0.29, 0.717) is 5.75 Å². The van der Waals surface area contributed by atoms with Gasteiger partial charge in [0, 0.05) is 11.8 Å². The molecule has 1 aromatic carbocycles. The third kappa shape index (κ3) is 3.55. The van der Waals surface area contributed by atoms with Gasteiger partial charge in [0.25, 0.3) is 0 Å². The number of aryl methyl sites for hydroxylation is 2. The molecule has 0 fully saturated rings. The summed E-state index contributed by atoms with van der Waals surface area (Å²) in [6, 6.07) is 8.16. The van der Waals surface area contributed by atoms with E-state index < -0.39 is 0 Å². The van der Waals surface area contributed by atoms with Crippen LogP contribution in [0.1, 0.15) is 28.5 Å². The van der Waals surface area contributed by atoms with Crippen molar-refractivity contribution in [2.75, 3.05) is 0 Å². The largest absolute Gasteiger partial charge is 0.426 e. The Morgan fingerprint density at radius 3 is 2.42 bits per heavy atom. The molecule has 0 spiro atoms. The second-order valence-corrected chi connectivity index (χ2v) is 5.41. The van der Waals surface area contributed by atoms with E-state index in [-0.39, 0.29) is 5.97 Å². The number of ether oxygens (including phenoxy) is 1. The van der Waals surface area contributed by atoms with Gasteiger partial charge in [-0.15, -0.1) is 11.3 Å². The molecule has 1 heterocycles. The molecular weight excluding hydrogens is 256 g/mol. The van der Waals surface area contributed by atoms with E-state index >= 15 is 0 Å². The van der Waals surface area contributed by atoms with Crippen LogP contribution in [0.3, 0.4) is 0 Å². The molecule has 3 heteroatoms. The molecule has 0 unspecified atom stereocenters. The van der Waals surface area contributed by atoms with E-state index in [1.54, 1.807) is 11.3 Å². The molecule has 0 aliphatic carbocycles. The van der Waals surface area contributed by atoms with Crippen LogP contribution in [0.15, 0.2) is 29.6 Å². The number of benzene rings is 1. The van der Waals surface area contributed by atoms with Crippen molar-refractivity contribution in [1.29, 1.82) is 0 Å². The molecule has 0 aliphatic rings. The highest BCUT2D eigenvalue weighted by molar-refractivity contribution is 7.10. The van der Waals surface area contributed by atoms with Crippen molar-refractivity contribution in [1.82, 2.24) is 0 Å². The fraction of sp³-hybridized carbons (Fsp3) is 0.188. The fourth-order valence-electron chi connectivity index (χ4n) is 1.95. The van der Waals surface area contributed by atoms with Gasteiger partial charge in [-0.1, -0.05) is 12.1 Å². The SMILES string of the molecule is CC(=O)Oc1c(C)cc(/C=C/c2cccs2)cc1C. The molecule has 1 aromatic heterocycles. The van der Waals surface area contributed by atoms with Crippen molar-refractivity contribution in [2.24, 2.45) is 0 Å². The Bertz CT molecular complexity index is 587. The minimum Gasteiger partial charge on any atom is -0.426 e. The van der Waals surface area contributed by atoms with Crippen LogP contribution in [0.25, 0.3) is 12.2 Å². The molecule has 0 saturated carbocycles. The molecule has 0 amide bonds. The van der Waals surface area contributed by atoms with Crippen molar-refractivity contribution < 1.29 is 9.53 Å². The second kappa shape index (κ2) is 5.85. The number of carbonyl (C=O) groups is 1. The topological polar surface area (TPSA) is 26.3 Å². The summed E-state index contributed by atoms with van der Waals surface area (Å²) in [6.45, 7) is 5.32. The highest BCUT2D eigenvalue weighted by Crippen LogP contribution is 2.26. The Labute approximate surface area is 117 Å². The lowest BCUT2D eigenvalue weighted by Gasteiger charge is -2.10.